The van der Waals surface area contributed by atoms with Gasteiger partial charge in [0.1, 0.15) is 0 Å². The molecule has 0 spiro atoms. The molecule has 0 saturated heterocycles. The molecule has 0 bridgehead atoms. The molecule has 0 heterocycles. The number of amides is 1. The van der Waals surface area contributed by atoms with Gasteiger partial charge in [-0.05, 0) is 37.7 Å². The number of benzene rings is 1. The largest absolute Gasteiger partial charge is 0.481 e. The van der Waals surface area contributed by atoms with E-state index < -0.39 is 11.9 Å². The zero-order valence-electron chi connectivity index (χ0n) is 12.6. The molecule has 21 heavy (non-hydrogen) atoms. The smallest absolute Gasteiger partial charge is 0.307 e. The Hall–Kier alpha value is -1.84. The molecule has 1 aliphatic rings. The first kappa shape index (κ1) is 15.5. The lowest BCUT2D eigenvalue weighted by Gasteiger charge is -2.15. The van der Waals surface area contributed by atoms with Gasteiger partial charge in [0.05, 0.1) is 11.8 Å². The lowest BCUT2D eigenvalue weighted by molar-refractivity contribution is -0.146. The van der Waals surface area contributed by atoms with E-state index in [4.69, 9.17) is 0 Å². The van der Waals surface area contributed by atoms with Crippen LogP contribution in [0.4, 0.5) is 0 Å². The summed E-state index contributed by atoms with van der Waals surface area (Å²) in [7, 11) is 0. The highest BCUT2D eigenvalue weighted by Gasteiger charge is 2.40. The first-order chi connectivity index (χ1) is 9.97. The van der Waals surface area contributed by atoms with E-state index in [0.717, 1.165) is 6.42 Å². The monoisotopic (exact) mass is 289 g/mol. The van der Waals surface area contributed by atoms with Crippen molar-refractivity contribution >= 4 is 11.9 Å². The van der Waals surface area contributed by atoms with Gasteiger partial charge >= 0.3 is 5.97 Å². The maximum Gasteiger partial charge on any atom is 0.307 e. The fourth-order valence-electron chi connectivity index (χ4n) is 3.18. The van der Waals surface area contributed by atoms with Crippen LogP contribution >= 0.6 is 0 Å². The van der Waals surface area contributed by atoms with Gasteiger partial charge in [0, 0.05) is 6.54 Å². The third kappa shape index (κ3) is 4.06. The second-order valence-electron chi connectivity index (χ2n) is 6.16. The summed E-state index contributed by atoms with van der Waals surface area (Å²) < 4.78 is 0. The molecule has 1 aromatic carbocycles. The van der Waals surface area contributed by atoms with E-state index >= 15 is 0 Å². The number of carbonyl (C=O) groups is 2. The number of carboxylic acid groups (broad SMARTS) is 1. The molecule has 0 aliphatic heterocycles. The van der Waals surface area contributed by atoms with Crippen molar-refractivity contribution in [1.82, 2.24) is 5.32 Å². The van der Waals surface area contributed by atoms with E-state index in [2.05, 4.69) is 11.4 Å². The zero-order valence-corrected chi connectivity index (χ0v) is 12.6. The minimum atomic E-state index is -0.849. The van der Waals surface area contributed by atoms with Crippen molar-refractivity contribution in [2.45, 2.75) is 33.1 Å². The van der Waals surface area contributed by atoms with Crippen molar-refractivity contribution < 1.29 is 14.7 Å². The fraction of sp³-hybridized carbons (Fsp3) is 0.529. The number of hydrogen-bond acceptors (Lipinski definition) is 2. The van der Waals surface area contributed by atoms with E-state index in [9.17, 15) is 14.7 Å². The molecular formula is C17H23NO3. The average molecular weight is 289 g/mol. The molecule has 1 aromatic rings. The molecule has 1 fully saturated rings. The van der Waals surface area contributed by atoms with E-state index in [1.165, 1.54) is 11.1 Å². The van der Waals surface area contributed by atoms with Gasteiger partial charge < -0.3 is 10.4 Å². The SMILES string of the molecule is Cc1cccc(CCNC(=O)C2CC(C)CC2C(=O)O)c1. The maximum absolute atomic E-state index is 12.2. The van der Waals surface area contributed by atoms with Gasteiger partial charge in [0.15, 0.2) is 0 Å². The summed E-state index contributed by atoms with van der Waals surface area (Å²) in [5, 5.41) is 12.1. The Balaban J connectivity index is 1.85. The van der Waals surface area contributed by atoms with Crippen molar-refractivity contribution in [2.24, 2.45) is 17.8 Å². The van der Waals surface area contributed by atoms with Crippen molar-refractivity contribution in [2.75, 3.05) is 6.54 Å². The van der Waals surface area contributed by atoms with Crippen LogP contribution in [0.25, 0.3) is 0 Å². The molecule has 1 aliphatic carbocycles. The lowest BCUT2D eigenvalue weighted by Crippen LogP contribution is -2.36. The fourth-order valence-corrected chi connectivity index (χ4v) is 3.18. The molecule has 1 saturated carbocycles. The first-order valence-corrected chi connectivity index (χ1v) is 7.53. The summed E-state index contributed by atoms with van der Waals surface area (Å²) in [6, 6.07) is 8.19. The summed E-state index contributed by atoms with van der Waals surface area (Å²) in [5.74, 6) is -1.56. The number of aryl methyl sites for hydroxylation is 1. The number of carbonyl (C=O) groups excluding carboxylic acids is 1. The van der Waals surface area contributed by atoms with Gasteiger partial charge in [0.25, 0.3) is 0 Å². The average Bonchev–Trinajstić information content (AvgIpc) is 2.81. The Morgan fingerprint density at radius 1 is 1.29 bits per heavy atom. The maximum atomic E-state index is 12.2. The molecule has 4 heteroatoms. The highest BCUT2D eigenvalue weighted by Crippen LogP contribution is 2.36. The van der Waals surface area contributed by atoms with Crippen molar-refractivity contribution in [1.29, 1.82) is 0 Å². The van der Waals surface area contributed by atoms with Crippen molar-refractivity contribution in [3.05, 3.63) is 35.4 Å². The van der Waals surface area contributed by atoms with E-state index in [0.29, 0.717) is 25.3 Å². The van der Waals surface area contributed by atoms with Crippen LogP contribution in [-0.2, 0) is 16.0 Å². The second-order valence-corrected chi connectivity index (χ2v) is 6.16. The van der Waals surface area contributed by atoms with Gasteiger partial charge in [0.2, 0.25) is 5.91 Å². The number of aliphatic carboxylic acids is 1. The highest BCUT2D eigenvalue weighted by atomic mass is 16.4. The molecule has 4 nitrogen and oxygen atoms in total. The third-order valence-electron chi connectivity index (χ3n) is 4.25. The van der Waals surface area contributed by atoms with E-state index in [1.807, 2.05) is 32.0 Å². The summed E-state index contributed by atoms with van der Waals surface area (Å²) in [5.41, 5.74) is 2.39. The molecule has 2 rings (SSSR count). The lowest BCUT2D eigenvalue weighted by atomic mass is 9.95. The van der Waals surface area contributed by atoms with Gasteiger partial charge in [-0.1, -0.05) is 36.8 Å². The molecule has 2 N–H and O–H groups in total. The summed E-state index contributed by atoms with van der Waals surface area (Å²) in [4.78, 5) is 23.4. The minimum absolute atomic E-state index is 0.112. The van der Waals surface area contributed by atoms with Crippen LogP contribution in [0.3, 0.4) is 0 Å². The Morgan fingerprint density at radius 3 is 2.67 bits per heavy atom. The van der Waals surface area contributed by atoms with Crippen LogP contribution in [0.2, 0.25) is 0 Å². The molecule has 114 valence electrons. The van der Waals surface area contributed by atoms with Crippen LogP contribution in [0.1, 0.15) is 30.9 Å². The molecule has 0 radical (unpaired) electrons. The van der Waals surface area contributed by atoms with Crippen LogP contribution in [-0.4, -0.2) is 23.5 Å². The standard InChI is InChI=1S/C17H23NO3/c1-11-4-3-5-13(8-11)6-7-18-16(19)14-9-12(2)10-15(14)17(20)21/h3-5,8,12,14-15H,6-7,9-10H2,1-2H3,(H,18,19)(H,20,21). The minimum Gasteiger partial charge on any atom is -0.481 e. The normalized spacial score (nSPS) is 24.8. The zero-order chi connectivity index (χ0) is 15.4. The van der Waals surface area contributed by atoms with Crippen molar-refractivity contribution in [3.8, 4) is 0 Å². The molecular weight excluding hydrogens is 266 g/mol. The predicted molar refractivity (Wildman–Crippen MR) is 80.9 cm³/mol. The summed E-state index contributed by atoms with van der Waals surface area (Å²) in [6.07, 6.45) is 2.05. The second kappa shape index (κ2) is 6.74. The summed E-state index contributed by atoms with van der Waals surface area (Å²) in [6.45, 7) is 4.61. The number of carboxylic acids is 1. The molecule has 0 aromatic heterocycles. The quantitative estimate of drug-likeness (QED) is 0.874. The highest BCUT2D eigenvalue weighted by molar-refractivity contribution is 5.85. The van der Waals surface area contributed by atoms with Crippen molar-refractivity contribution in [3.63, 3.8) is 0 Å². The van der Waals surface area contributed by atoms with E-state index in [1.54, 1.807) is 0 Å². The third-order valence-corrected chi connectivity index (χ3v) is 4.25. The first-order valence-electron chi connectivity index (χ1n) is 7.53. The summed E-state index contributed by atoms with van der Waals surface area (Å²) >= 11 is 0. The van der Waals surface area contributed by atoms with E-state index in [-0.39, 0.29) is 11.8 Å². The van der Waals surface area contributed by atoms with Gasteiger partial charge in [-0.2, -0.15) is 0 Å². The van der Waals surface area contributed by atoms with Crippen LogP contribution in [0.5, 0.6) is 0 Å². The van der Waals surface area contributed by atoms with Crippen LogP contribution in [0.15, 0.2) is 24.3 Å². The Labute approximate surface area is 125 Å². The predicted octanol–water partition coefficient (Wildman–Crippen LogP) is 2.40. The Morgan fingerprint density at radius 2 is 2.00 bits per heavy atom. The van der Waals surface area contributed by atoms with Crippen LogP contribution in [0, 0.1) is 24.7 Å². The van der Waals surface area contributed by atoms with Gasteiger partial charge in [-0.15, -0.1) is 0 Å². The molecule has 3 unspecified atom stereocenters. The molecule has 1 amide bonds. The number of nitrogens with one attached hydrogen (secondary N) is 1. The van der Waals surface area contributed by atoms with Crippen LogP contribution < -0.4 is 5.32 Å². The Bertz CT molecular complexity index is 527. The molecule has 3 atom stereocenters. The topological polar surface area (TPSA) is 66.4 Å². The number of hydrogen-bond donors (Lipinski definition) is 2. The Kier molecular flexibility index (Phi) is 4.99. The van der Waals surface area contributed by atoms with Gasteiger partial charge in [-0.25, -0.2) is 0 Å². The van der Waals surface area contributed by atoms with Gasteiger partial charge in [-0.3, -0.25) is 9.59 Å². The number of rotatable bonds is 5.